The van der Waals surface area contributed by atoms with Crippen molar-refractivity contribution in [1.82, 2.24) is 20.1 Å². The number of hydrogen-bond donors (Lipinski definition) is 2. The highest BCUT2D eigenvalue weighted by Gasteiger charge is 2.36. The quantitative estimate of drug-likeness (QED) is 0.874. The summed E-state index contributed by atoms with van der Waals surface area (Å²) in [6.45, 7) is 1.73. The Morgan fingerprint density at radius 3 is 2.86 bits per heavy atom. The number of hydrogen-bond acceptors (Lipinski definition) is 5. The van der Waals surface area contributed by atoms with Crippen LogP contribution in [0, 0.1) is 12.8 Å². The minimum atomic E-state index is -0.291. The lowest BCUT2D eigenvalue weighted by atomic mass is 9.75. The Morgan fingerprint density at radius 2 is 2.33 bits per heavy atom. The van der Waals surface area contributed by atoms with Crippen LogP contribution in [-0.2, 0) is 7.05 Å². The van der Waals surface area contributed by atoms with Gasteiger partial charge in [0.15, 0.2) is 6.39 Å². The van der Waals surface area contributed by atoms with Crippen molar-refractivity contribution < 1.29 is 14.3 Å². The van der Waals surface area contributed by atoms with Gasteiger partial charge in [-0.1, -0.05) is 0 Å². The summed E-state index contributed by atoms with van der Waals surface area (Å²) in [6.07, 6.45) is 5.95. The minimum absolute atomic E-state index is 0.181. The number of aliphatic hydroxyl groups is 1. The van der Waals surface area contributed by atoms with Gasteiger partial charge in [0.25, 0.3) is 5.91 Å². The lowest BCUT2D eigenvalue weighted by Gasteiger charge is -2.37. The summed E-state index contributed by atoms with van der Waals surface area (Å²) in [7, 11) is 1.83. The molecule has 0 spiro atoms. The molecular formula is C14H18N4O3. The summed E-state index contributed by atoms with van der Waals surface area (Å²) in [5.41, 5.74) is 1.49. The molecule has 0 saturated heterocycles. The van der Waals surface area contributed by atoms with E-state index in [1.165, 1.54) is 6.39 Å². The number of carbonyl (C=O) groups is 1. The third-order valence-electron chi connectivity index (χ3n) is 3.94. The van der Waals surface area contributed by atoms with Crippen molar-refractivity contribution in [1.29, 1.82) is 0 Å². The Morgan fingerprint density at radius 1 is 1.57 bits per heavy atom. The Balaban J connectivity index is 1.79. The minimum Gasteiger partial charge on any atom is -0.438 e. The van der Waals surface area contributed by atoms with Gasteiger partial charge in [0.05, 0.1) is 24.0 Å². The molecule has 3 rings (SSSR count). The van der Waals surface area contributed by atoms with Crippen molar-refractivity contribution in [3.05, 3.63) is 35.8 Å². The Hall–Kier alpha value is -2.15. The average Bonchev–Trinajstić information content (AvgIpc) is 3.01. The number of carbonyl (C=O) groups excluding carboxylic acids is 1. The number of nitrogens with one attached hydrogen (secondary N) is 1. The van der Waals surface area contributed by atoms with E-state index in [0.717, 1.165) is 5.56 Å². The van der Waals surface area contributed by atoms with Crippen LogP contribution in [0.15, 0.2) is 23.2 Å². The van der Waals surface area contributed by atoms with Crippen LogP contribution in [0.5, 0.6) is 0 Å². The zero-order chi connectivity index (χ0) is 15.0. The predicted molar refractivity (Wildman–Crippen MR) is 73.4 cm³/mol. The van der Waals surface area contributed by atoms with E-state index in [9.17, 15) is 9.90 Å². The second-order valence-corrected chi connectivity index (χ2v) is 5.55. The molecule has 2 aromatic heterocycles. The van der Waals surface area contributed by atoms with Crippen LogP contribution in [0.4, 0.5) is 0 Å². The summed E-state index contributed by atoms with van der Waals surface area (Å²) in [5.74, 6) is 0.139. The maximum atomic E-state index is 12.3. The van der Waals surface area contributed by atoms with Crippen LogP contribution in [0.2, 0.25) is 0 Å². The molecule has 1 aliphatic carbocycles. The Kier molecular flexibility index (Phi) is 3.50. The fourth-order valence-corrected chi connectivity index (χ4v) is 2.70. The van der Waals surface area contributed by atoms with E-state index in [2.05, 4.69) is 15.4 Å². The standard InChI is InChI=1S/C14H18N4O3/c1-8-13(21-7-15-8)14(20)17-12(9-3-11(19)4-9)10-5-16-18(2)6-10/h5-7,9,11-12,19H,3-4H2,1-2H3,(H,17,20)/t9?,11?,12-/m0/s1. The molecule has 2 aromatic rings. The van der Waals surface area contributed by atoms with Gasteiger partial charge in [-0.3, -0.25) is 9.48 Å². The Labute approximate surface area is 122 Å². The summed E-state index contributed by atoms with van der Waals surface area (Å²) >= 11 is 0. The molecule has 1 atom stereocenters. The molecule has 21 heavy (non-hydrogen) atoms. The molecule has 1 amide bonds. The van der Waals surface area contributed by atoms with Gasteiger partial charge in [0, 0.05) is 18.8 Å². The van der Waals surface area contributed by atoms with Crippen LogP contribution in [0.1, 0.15) is 40.7 Å². The van der Waals surface area contributed by atoms with Gasteiger partial charge in [0.1, 0.15) is 0 Å². The second-order valence-electron chi connectivity index (χ2n) is 5.55. The van der Waals surface area contributed by atoms with E-state index < -0.39 is 0 Å². The maximum absolute atomic E-state index is 12.3. The van der Waals surface area contributed by atoms with Crippen LogP contribution >= 0.6 is 0 Å². The van der Waals surface area contributed by atoms with Crippen molar-refractivity contribution in [2.75, 3.05) is 0 Å². The molecule has 1 aliphatic rings. The smallest absolute Gasteiger partial charge is 0.289 e. The molecule has 1 fully saturated rings. The van der Waals surface area contributed by atoms with Crippen LogP contribution in [0.3, 0.4) is 0 Å². The highest BCUT2D eigenvalue weighted by molar-refractivity contribution is 5.92. The maximum Gasteiger partial charge on any atom is 0.289 e. The van der Waals surface area contributed by atoms with Gasteiger partial charge < -0.3 is 14.8 Å². The lowest BCUT2D eigenvalue weighted by Crippen LogP contribution is -2.41. The third-order valence-corrected chi connectivity index (χ3v) is 3.94. The highest BCUT2D eigenvalue weighted by Crippen LogP contribution is 2.38. The highest BCUT2D eigenvalue weighted by atomic mass is 16.3. The molecule has 2 heterocycles. The van der Waals surface area contributed by atoms with Crippen LogP contribution < -0.4 is 5.32 Å². The fourth-order valence-electron chi connectivity index (χ4n) is 2.70. The number of aliphatic hydroxyl groups excluding tert-OH is 1. The first-order valence-electron chi connectivity index (χ1n) is 6.92. The number of aryl methyl sites for hydroxylation is 2. The second kappa shape index (κ2) is 5.33. The van der Waals surface area contributed by atoms with E-state index in [0.29, 0.717) is 18.5 Å². The molecular weight excluding hydrogens is 272 g/mol. The molecule has 0 radical (unpaired) electrons. The lowest BCUT2D eigenvalue weighted by molar-refractivity contribution is 0.0232. The number of nitrogens with zero attached hydrogens (tertiary/aromatic N) is 3. The van der Waals surface area contributed by atoms with Gasteiger partial charge in [-0.2, -0.15) is 5.10 Å². The topological polar surface area (TPSA) is 93.2 Å². The zero-order valence-corrected chi connectivity index (χ0v) is 12.0. The van der Waals surface area contributed by atoms with Crippen molar-refractivity contribution in [3.63, 3.8) is 0 Å². The zero-order valence-electron chi connectivity index (χ0n) is 12.0. The summed E-state index contributed by atoms with van der Waals surface area (Å²) in [5, 5.41) is 16.6. The van der Waals surface area contributed by atoms with Gasteiger partial charge in [-0.15, -0.1) is 0 Å². The SMILES string of the molecule is Cc1ncoc1C(=O)N[C@H](c1cnn(C)c1)C1CC(O)C1. The van der Waals surface area contributed by atoms with Gasteiger partial charge >= 0.3 is 0 Å². The van der Waals surface area contributed by atoms with E-state index >= 15 is 0 Å². The van der Waals surface area contributed by atoms with E-state index in [4.69, 9.17) is 4.42 Å². The normalized spacial score (nSPS) is 22.6. The number of amides is 1. The van der Waals surface area contributed by atoms with E-state index in [1.54, 1.807) is 17.8 Å². The first kappa shape index (κ1) is 13.8. The van der Waals surface area contributed by atoms with Crippen molar-refractivity contribution in [3.8, 4) is 0 Å². The number of rotatable bonds is 4. The largest absolute Gasteiger partial charge is 0.438 e. The molecule has 0 unspecified atom stereocenters. The molecule has 0 bridgehead atoms. The van der Waals surface area contributed by atoms with E-state index in [1.807, 2.05) is 13.2 Å². The number of aromatic nitrogens is 3. The molecule has 7 nitrogen and oxygen atoms in total. The number of oxazole rings is 1. The molecule has 0 aromatic carbocycles. The average molecular weight is 290 g/mol. The summed E-state index contributed by atoms with van der Waals surface area (Å²) in [6, 6.07) is -0.181. The van der Waals surface area contributed by atoms with Gasteiger partial charge in [-0.05, 0) is 25.7 Å². The van der Waals surface area contributed by atoms with Gasteiger partial charge in [0.2, 0.25) is 5.76 Å². The van der Waals surface area contributed by atoms with E-state index in [-0.39, 0.29) is 29.7 Å². The predicted octanol–water partition coefficient (Wildman–Crippen LogP) is 0.959. The summed E-state index contributed by atoms with van der Waals surface area (Å²) < 4.78 is 6.82. The van der Waals surface area contributed by atoms with Crippen LogP contribution in [0.25, 0.3) is 0 Å². The molecule has 2 N–H and O–H groups in total. The van der Waals surface area contributed by atoms with Crippen molar-refractivity contribution >= 4 is 5.91 Å². The first-order valence-corrected chi connectivity index (χ1v) is 6.92. The molecule has 0 aliphatic heterocycles. The van der Waals surface area contributed by atoms with Crippen molar-refractivity contribution in [2.45, 2.75) is 31.9 Å². The summed E-state index contributed by atoms with van der Waals surface area (Å²) in [4.78, 5) is 16.2. The van der Waals surface area contributed by atoms with Crippen molar-refractivity contribution in [2.24, 2.45) is 13.0 Å². The fraction of sp³-hybridized carbons (Fsp3) is 0.500. The molecule has 112 valence electrons. The third kappa shape index (κ3) is 2.69. The Bertz CT molecular complexity index is 642. The van der Waals surface area contributed by atoms with Gasteiger partial charge in [-0.25, -0.2) is 4.98 Å². The first-order chi connectivity index (χ1) is 10.0. The van der Waals surface area contributed by atoms with Crippen LogP contribution in [-0.4, -0.2) is 31.9 Å². The monoisotopic (exact) mass is 290 g/mol. The molecule has 7 heteroatoms. The molecule has 1 saturated carbocycles.